The van der Waals surface area contributed by atoms with Gasteiger partial charge in [-0.2, -0.15) is 8.78 Å². The van der Waals surface area contributed by atoms with Crippen LogP contribution >= 0.6 is 0 Å². The molecule has 1 aromatic carbocycles. The lowest BCUT2D eigenvalue weighted by molar-refractivity contribution is -0.143. The number of carboxylic acid groups (broad SMARTS) is 1. The molecule has 0 radical (unpaired) electrons. The number of carboxylic acids is 1. The molecule has 2 amide bonds. The van der Waals surface area contributed by atoms with Crippen molar-refractivity contribution in [3.63, 3.8) is 0 Å². The topological polar surface area (TPSA) is 69.6 Å². The number of halogens is 2. The fourth-order valence-electron chi connectivity index (χ4n) is 2.45. The maximum absolute atomic E-state index is 14.0. The molecule has 0 aliphatic carbocycles. The minimum atomic E-state index is -3.17. The Balaban J connectivity index is 1.91. The molecule has 0 saturated carbocycles. The third-order valence-electron chi connectivity index (χ3n) is 3.72. The van der Waals surface area contributed by atoms with E-state index in [-0.39, 0.29) is 12.1 Å². The maximum atomic E-state index is 14.0. The van der Waals surface area contributed by atoms with Gasteiger partial charge in [-0.1, -0.05) is 30.3 Å². The average Bonchev–Trinajstić information content (AvgIpc) is 2.53. The molecule has 1 aromatic rings. The molecule has 1 fully saturated rings. The summed E-state index contributed by atoms with van der Waals surface area (Å²) in [4.78, 5) is 24.2. The Kier molecular flexibility index (Phi) is 4.95. The Morgan fingerprint density at radius 2 is 2.00 bits per heavy atom. The largest absolute Gasteiger partial charge is 0.481 e. The van der Waals surface area contributed by atoms with Gasteiger partial charge in [-0.3, -0.25) is 4.79 Å². The maximum Gasteiger partial charge on any atom is 0.317 e. The lowest BCUT2D eigenvalue weighted by atomic mass is 9.99. The number of likely N-dealkylation sites (tertiary alicyclic amines) is 1. The van der Waals surface area contributed by atoms with Crippen LogP contribution in [-0.4, -0.2) is 41.6 Å². The summed E-state index contributed by atoms with van der Waals surface area (Å²) < 4.78 is 27.9. The lowest BCUT2D eigenvalue weighted by Crippen LogP contribution is -2.49. The van der Waals surface area contributed by atoms with Gasteiger partial charge < -0.3 is 15.3 Å². The van der Waals surface area contributed by atoms with Gasteiger partial charge in [0.2, 0.25) is 0 Å². The second-order valence-corrected chi connectivity index (χ2v) is 5.35. The summed E-state index contributed by atoms with van der Waals surface area (Å²) in [7, 11) is 0. The van der Waals surface area contributed by atoms with E-state index in [2.05, 4.69) is 5.32 Å². The quantitative estimate of drug-likeness (QED) is 0.896. The Hall–Kier alpha value is -2.18. The summed E-state index contributed by atoms with van der Waals surface area (Å²) in [5, 5.41) is 11.2. The van der Waals surface area contributed by atoms with Crippen LogP contribution in [0, 0.1) is 5.92 Å². The van der Waals surface area contributed by atoms with Gasteiger partial charge in [-0.25, -0.2) is 4.79 Å². The van der Waals surface area contributed by atoms with Crippen molar-refractivity contribution in [3.8, 4) is 0 Å². The molecule has 7 heteroatoms. The van der Waals surface area contributed by atoms with Crippen molar-refractivity contribution in [2.75, 3.05) is 19.6 Å². The van der Waals surface area contributed by atoms with Crippen LogP contribution in [0.15, 0.2) is 30.3 Å². The number of hydrogen-bond acceptors (Lipinski definition) is 2. The Bertz CT molecular complexity index is 537. The Labute approximate surface area is 126 Å². The summed E-state index contributed by atoms with van der Waals surface area (Å²) in [6.45, 7) is -0.380. The summed E-state index contributed by atoms with van der Waals surface area (Å²) >= 11 is 0. The number of hydrogen-bond donors (Lipinski definition) is 2. The number of urea groups is 1. The monoisotopic (exact) mass is 312 g/mol. The van der Waals surface area contributed by atoms with Crippen LogP contribution in [0.1, 0.15) is 18.4 Å². The molecule has 0 bridgehead atoms. The number of carbonyl (C=O) groups is 2. The molecule has 5 nitrogen and oxygen atoms in total. The third-order valence-corrected chi connectivity index (χ3v) is 3.72. The van der Waals surface area contributed by atoms with E-state index in [4.69, 9.17) is 5.11 Å². The summed E-state index contributed by atoms with van der Waals surface area (Å²) in [5.74, 6) is -4.76. The Morgan fingerprint density at radius 1 is 1.32 bits per heavy atom. The second-order valence-electron chi connectivity index (χ2n) is 5.35. The van der Waals surface area contributed by atoms with Gasteiger partial charge in [0.25, 0.3) is 5.92 Å². The lowest BCUT2D eigenvalue weighted by Gasteiger charge is -2.31. The first-order chi connectivity index (χ1) is 10.4. The Morgan fingerprint density at radius 3 is 2.64 bits per heavy atom. The van der Waals surface area contributed by atoms with E-state index in [1.165, 1.54) is 29.2 Å². The van der Waals surface area contributed by atoms with Crippen molar-refractivity contribution < 1.29 is 23.5 Å². The summed E-state index contributed by atoms with van der Waals surface area (Å²) in [6.07, 6.45) is 1.05. The predicted molar refractivity (Wildman–Crippen MR) is 75.7 cm³/mol. The van der Waals surface area contributed by atoms with E-state index in [1.54, 1.807) is 6.07 Å². The molecule has 22 heavy (non-hydrogen) atoms. The van der Waals surface area contributed by atoms with Crippen molar-refractivity contribution in [3.05, 3.63) is 35.9 Å². The average molecular weight is 312 g/mol. The normalized spacial score (nSPS) is 18.8. The van der Waals surface area contributed by atoms with Gasteiger partial charge in [0.15, 0.2) is 0 Å². The van der Waals surface area contributed by atoms with E-state index < -0.39 is 30.4 Å². The van der Waals surface area contributed by atoms with Crippen LogP contribution in [0.2, 0.25) is 0 Å². The third kappa shape index (κ3) is 3.93. The first-order valence-corrected chi connectivity index (χ1v) is 7.09. The van der Waals surface area contributed by atoms with Crippen molar-refractivity contribution in [1.82, 2.24) is 10.2 Å². The number of benzene rings is 1. The van der Waals surface area contributed by atoms with Crippen molar-refractivity contribution in [2.24, 2.45) is 5.92 Å². The van der Waals surface area contributed by atoms with Gasteiger partial charge in [0, 0.05) is 18.7 Å². The molecule has 1 atom stereocenters. The zero-order valence-electron chi connectivity index (χ0n) is 12.0. The molecule has 1 aliphatic rings. The highest BCUT2D eigenvalue weighted by molar-refractivity contribution is 5.76. The molecule has 0 aromatic heterocycles. The molecular formula is C15H18F2N2O3. The molecule has 1 unspecified atom stereocenters. The van der Waals surface area contributed by atoms with E-state index in [0.29, 0.717) is 19.4 Å². The van der Waals surface area contributed by atoms with Crippen molar-refractivity contribution in [2.45, 2.75) is 18.8 Å². The predicted octanol–water partition coefficient (Wildman–Crippen LogP) is 2.28. The molecule has 0 spiro atoms. The number of nitrogens with one attached hydrogen (secondary N) is 1. The van der Waals surface area contributed by atoms with Crippen LogP contribution in [0.5, 0.6) is 0 Å². The van der Waals surface area contributed by atoms with Crippen LogP contribution in [0.25, 0.3) is 0 Å². The van der Waals surface area contributed by atoms with E-state index in [1.807, 2.05) is 0 Å². The number of carbonyl (C=O) groups excluding carboxylic acids is 1. The van der Waals surface area contributed by atoms with E-state index in [0.717, 1.165) is 0 Å². The van der Waals surface area contributed by atoms with Crippen LogP contribution in [0.4, 0.5) is 13.6 Å². The second kappa shape index (κ2) is 6.72. The number of nitrogens with zero attached hydrogens (tertiary/aromatic N) is 1. The molecule has 1 heterocycles. The first-order valence-electron chi connectivity index (χ1n) is 7.09. The fourth-order valence-corrected chi connectivity index (χ4v) is 2.45. The summed E-state index contributed by atoms with van der Waals surface area (Å²) in [5.41, 5.74) is -0.169. The van der Waals surface area contributed by atoms with Gasteiger partial charge in [0.1, 0.15) is 0 Å². The van der Waals surface area contributed by atoms with Gasteiger partial charge in [-0.05, 0) is 12.8 Å². The minimum Gasteiger partial charge on any atom is -0.481 e. The van der Waals surface area contributed by atoms with Gasteiger partial charge in [0.05, 0.1) is 12.5 Å². The fraction of sp³-hybridized carbons (Fsp3) is 0.467. The van der Waals surface area contributed by atoms with Gasteiger partial charge >= 0.3 is 12.0 Å². The number of rotatable bonds is 4. The van der Waals surface area contributed by atoms with E-state index in [9.17, 15) is 18.4 Å². The standard InChI is InChI=1S/C15H18F2N2O3/c16-15(17,12-6-2-1-3-7-12)10-18-14(22)19-8-4-5-11(9-19)13(20)21/h1-3,6-7,11H,4-5,8-10H2,(H,18,22)(H,20,21). The van der Waals surface area contributed by atoms with Gasteiger partial charge in [-0.15, -0.1) is 0 Å². The first kappa shape index (κ1) is 16.2. The van der Waals surface area contributed by atoms with Crippen LogP contribution in [0.3, 0.4) is 0 Å². The minimum absolute atomic E-state index is 0.0536. The van der Waals surface area contributed by atoms with E-state index >= 15 is 0 Å². The zero-order chi connectivity index (χ0) is 16.2. The van der Waals surface area contributed by atoms with Crippen LogP contribution in [-0.2, 0) is 10.7 Å². The molecule has 1 aliphatic heterocycles. The molecule has 1 saturated heterocycles. The highest BCUT2D eigenvalue weighted by Crippen LogP contribution is 2.26. The number of aliphatic carboxylic acids is 1. The highest BCUT2D eigenvalue weighted by Gasteiger charge is 2.33. The molecular weight excluding hydrogens is 294 g/mol. The number of piperidine rings is 1. The summed E-state index contributed by atoms with van der Waals surface area (Å²) in [6, 6.07) is 6.60. The molecule has 2 rings (SSSR count). The SMILES string of the molecule is O=C(O)C1CCCN(C(=O)NCC(F)(F)c2ccccc2)C1. The number of amides is 2. The molecule has 2 N–H and O–H groups in total. The molecule has 120 valence electrons. The smallest absolute Gasteiger partial charge is 0.317 e. The van der Waals surface area contributed by atoms with Crippen molar-refractivity contribution >= 4 is 12.0 Å². The number of alkyl halides is 2. The highest BCUT2D eigenvalue weighted by atomic mass is 19.3. The zero-order valence-corrected chi connectivity index (χ0v) is 12.0. The van der Waals surface area contributed by atoms with Crippen LogP contribution < -0.4 is 5.32 Å². The van der Waals surface area contributed by atoms with Crippen molar-refractivity contribution in [1.29, 1.82) is 0 Å².